The number of Topliss-reactive ketones (excluding diaryl/α,β-unsaturated/α-hetero) is 1. The number of rotatable bonds is 6. The van der Waals surface area contributed by atoms with Crippen LogP contribution in [0.3, 0.4) is 0 Å². The zero-order valence-electron chi connectivity index (χ0n) is 14.3. The van der Waals surface area contributed by atoms with Crippen LogP contribution in [0.1, 0.15) is 22.5 Å². The van der Waals surface area contributed by atoms with Crippen molar-refractivity contribution < 1.29 is 18.0 Å². The number of aromatic amines is 1. The predicted octanol–water partition coefficient (Wildman–Crippen LogP) is 3.63. The first-order valence-electron chi connectivity index (χ1n) is 8.09. The molecule has 144 valence electrons. The minimum atomic E-state index is -4.75. The molecule has 2 heterocycles. The van der Waals surface area contributed by atoms with Crippen LogP contribution in [0.2, 0.25) is 0 Å². The Morgan fingerprint density at radius 1 is 1.32 bits per heavy atom. The Hall–Kier alpha value is -3.06. The van der Waals surface area contributed by atoms with E-state index in [2.05, 4.69) is 9.97 Å². The summed E-state index contributed by atoms with van der Waals surface area (Å²) in [5.41, 5.74) is -1.06. The molecule has 0 spiro atoms. The van der Waals surface area contributed by atoms with Crippen LogP contribution in [0, 0.1) is 11.3 Å². The molecule has 10 heteroatoms. The third-order valence-corrected chi connectivity index (χ3v) is 4.78. The molecule has 0 amide bonds. The molecule has 28 heavy (non-hydrogen) atoms. The number of carbonyl (C=O) groups is 1. The number of aromatic nitrogens is 3. The van der Waals surface area contributed by atoms with Gasteiger partial charge in [-0.05, 0) is 6.07 Å². The number of fused-ring (bicyclic) bond motifs is 1. The number of hydrogen-bond donors (Lipinski definition) is 1. The molecule has 0 aliphatic rings. The van der Waals surface area contributed by atoms with Crippen molar-refractivity contribution in [2.45, 2.75) is 24.3 Å². The fraction of sp³-hybridized carbons (Fsp3) is 0.222. The Balaban J connectivity index is 1.84. The second-order valence-electron chi connectivity index (χ2n) is 5.81. The van der Waals surface area contributed by atoms with E-state index in [4.69, 9.17) is 5.26 Å². The summed E-state index contributed by atoms with van der Waals surface area (Å²) in [5, 5.41) is 9.19. The number of thioether (sulfide) groups is 1. The molecule has 3 aromatic rings. The maximum atomic E-state index is 12.8. The van der Waals surface area contributed by atoms with E-state index in [9.17, 15) is 22.8 Å². The lowest BCUT2D eigenvalue weighted by Crippen LogP contribution is -2.17. The third-order valence-electron chi connectivity index (χ3n) is 3.90. The highest BCUT2D eigenvalue weighted by Crippen LogP contribution is 2.28. The van der Waals surface area contributed by atoms with Crippen LogP contribution >= 0.6 is 11.8 Å². The van der Waals surface area contributed by atoms with Crippen molar-refractivity contribution in [3.8, 4) is 6.07 Å². The van der Waals surface area contributed by atoms with Crippen molar-refractivity contribution in [2.24, 2.45) is 0 Å². The average molecular weight is 406 g/mol. The number of halogens is 3. The van der Waals surface area contributed by atoms with Gasteiger partial charge in [0.25, 0.3) is 5.56 Å². The van der Waals surface area contributed by atoms with E-state index in [-0.39, 0.29) is 23.1 Å². The average Bonchev–Trinajstić information content (AvgIpc) is 3.02. The molecule has 0 saturated heterocycles. The molecule has 2 aromatic heterocycles. The van der Waals surface area contributed by atoms with E-state index < -0.39 is 17.4 Å². The quantitative estimate of drug-likeness (QED) is 0.383. The van der Waals surface area contributed by atoms with Gasteiger partial charge in [0.1, 0.15) is 0 Å². The Labute approximate surface area is 161 Å². The number of carbonyl (C=O) groups excluding carboxylic acids is 1. The first-order chi connectivity index (χ1) is 13.3. The lowest BCUT2D eigenvalue weighted by Gasteiger charge is -2.06. The standard InChI is InChI=1S/C18H13F3N4O2S/c19-18(20,21)15-8-16(27)24-17(23-15)28-10-14(26)12-9-25(7-3-6-22)13-5-2-1-4-11(12)13/h1-2,4-5,8-9H,3,7,10H2,(H,23,24,27). The maximum Gasteiger partial charge on any atom is 0.433 e. The molecule has 1 aromatic carbocycles. The normalized spacial score (nSPS) is 11.5. The monoisotopic (exact) mass is 406 g/mol. The van der Waals surface area contributed by atoms with Gasteiger partial charge in [-0.25, -0.2) is 4.98 Å². The van der Waals surface area contributed by atoms with Crippen LogP contribution < -0.4 is 5.56 Å². The van der Waals surface area contributed by atoms with Gasteiger partial charge in [-0.3, -0.25) is 9.59 Å². The summed E-state index contributed by atoms with van der Waals surface area (Å²) >= 11 is 0.726. The second kappa shape index (κ2) is 7.90. The molecule has 0 atom stereocenters. The lowest BCUT2D eigenvalue weighted by molar-refractivity contribution is -0.141. The van der Waals surface area contributed by atoms with E-state index in [1.54, 1.807) is 22.9 Å². The molecule has 0 radical (unpaired) electrons. The summed E-state index contributed by atoms with van der Waals surface area (Å²) in [6.07, 6.45) is -2.84. The largest absolute Gasteiger partial charge is 0.433 e. The Kier molecular flexibility index (Phi) is 5.56. The maximum absolute atomic E-state index is 12.8. The molecule has 0 bridgehead atoms. The summed E-state index contributed by atoms with van der Waals surface area (Å²) in [4.78, 5) is 29.6. The van der Waals surface area contributed by atoms with Crippen molar-refractivity contribution in [3.63, 3.8) is 0 Å². The van der Waals surface area contributed by atoms with Gasteiger partial charge in [-0.2, -0.15) is 18.4 Å². The number of nitriles is 1. The van der Waals surface area contributed by atoms with Crippen LogP contribution in [0.15, 0.2) is 46.5 Å². The molecule has 1 N–H and O–H groups in total. The Morgan fingerprint density at radius 2 is 2.07 bits per heavy atom. The molecule has 0 unspecified atom stereocenters. The first kappa shape index (κ1) is 19.7. The minimum Gasteiger partial charge on any atom is -0.346 e. The summed E-state index contributed by atoms with van der Waals surface area (Å²) in [6, 6.07) is 9.58. The van der Waals surface area contributed by atoms with Crippen LogP contribution in [-0.2, 0) is 12.7 Å². The number of nitrogens with zero attached hydrogens (tertiary/aromatic N) is 3. The predicted molar refractivity (Wildman–Crippen MR) is 97.1 cm³/mol. The Morgan fingerprint density at radius 3 is 2.79 bits per heavy atom. The van der Waals surface area contributed by atoms with Gasteiger partial charge in [0, 0.05) is 35.3 Å². The van der Waals surface area contributed by atoms with Gasteiger partial charge < -0.3 is 9.55 Å². The Bertz CT molecular complexity index is 1130. The number of hydrogen-bond acceptors (Lipinski definition) is 5. The van der Waals surface area contributed by atoms with E-state index in [0.29, 0.717) is 23.6 Å². The summed E-state index contributed by atoms with van der Waals surface area (Å²) < 4.78 is 40.1. The fourth-order valence-corrected chi connectivity index (χ4v) is 3.44. The zero-order chi connectivity index (χ0) is 20.3. The molecule has 6 nitrogen and oxygen atoms in total. The number of alkyl halides is 3. The van der Waals surface area contributed by atoms with Crippen LogP contribution in [0.4, 0.5) is 13.2 Å². The molecule has 3 rings (SSSR count). The summed E-state index contributed by atoms with van der Waals surface area (Å²) in [7, 11) is 0. The van der Waals surface area contributed by atoms with Crippen LogP contribution in [-0.4, -0.2) is 26.1 Å². The molecular weight excluding hydrogens is 393 g/mol. The SMILES string of the molecule is N#CCCn1cc(C(=O)CSc2nc(C(F)(F)F)cc(=O)[nH]2)c2ccccc21. The number of aryl methyl sites for hydroxylation is 1. The zero-order valence-corrected chi connectivity index (χ0v) is 15.1. The first-order valence-corrected chi connectivity index (χ1v) is 9.07. The van der Waals surface area contributed by atoms with Gasteiger partial charge >= 0.3 is 6.18 Å². The van der Waals surface area contributed by atoms with Crippen molar-refractivity contribution in [3.05, 3.63) is 58.1 Å². The highest BCUT2D eigenvalue weighted by Gasteiger charge is 2.33. The number of H-pyrrole nitrogens is 1. The van der Waals surface area contributed by atoms with Crippen molar-refractivity contribution in [1.82, 2.24) is 14.5 Å². The van der Waals surface area contributed by atoms with Gasteiger partial charge in [-0.15, -0.1) is 0 Å². The highest BCUT2D eigenvalue weighted by atomic mass is 32.2. The topological polar surface area (TPSA) is 91.5 Å². The summed E-state index contributed by atoms with van der Waals surface area (Å²) in [5.74, 6) is -0.520. The van der Waals surface area contributed by atoms with Gasteiger partial charge in [0.15, 0.2) is 16.6 Å². The van der Waals surface area contributed by atoms with E-state index >= 15 is 0 Å². The lowest BCUT2D eigenvalue weighted by atomic mass is 10.1. The van der Waals surface area contributed by atoms with E-state index in [0.717, 1.165) is 17.3 Å². The van der Waals surface area contributed by atoms with Gasteiger partial charge in [0.05, 0.1) is 18.2 Å². The second-order valence-corrected chi connectivity index (χ2v) is 6.77. The van der Waals surface area contributed by atoms with E-state index in [1.165, 1.54) is 0 Å². The molecule has 0 aliphatic heterocycles. The fourth-order valence-electron chi connectivity index (χ4n) is 2.68. The van der Waals surface area contributed by atoms with Crippen molar-refractivity contribution >= 4 is 28.4 Å². The van der Waals surface area contributed by atoms with Crippen molar-refractivity contribution in [1.29, 1.82) is 5.26 Å². The summed E-state index contributed by atoms with van der Waals surface area (Å²) in [6.45, 7) is 0.417. The molecule has 0 aliphatic carbocycles. The molecule has 0 saturated carbocycles. The number of para-hydroxylation sites is 1. The minimum absolute atomic E-state index is 0.198. The highest BCUT2D eigenvalue weighted by molar-refractivity contribution is 7.99. The smallest absolute Gasteiger partial charge is 0.346 e. The van der Waals surface area contributed by atoms with Crippen molar-refractivity contribution in [2.75, 3.05) is 5.75 Å². The van der Waals surface area contributed by atoms with Crippen LogP contribution in [0.5, 0.6) is 0 Å². The number of benzene rings is 1. The molecule has 0 fully saturated rings. The third kappa shape index (κ3) is 4.26. The van der Waals surface area contributed by atoms with E-state index in [1.807, 2.05) is 18.2 Å². The van der Waals surface area contributed by atoms with Gasteiger partial charge in [-0.1, -0.05) is 30.0 Å². The van der Waals surface area contributed by atoms with Gasteiger partial charge in [0.2, 0.25) is 0 Å². The molecular formula is C18H13F3N4O2S. The van der Waals surface area contributed by atoms with Crippen LogP contribution in [0.25, 0.3) is 10.9 Å². The number of nitrogens with one attached hydrogen (secondary N) is 1. The number of ketones is 1.